The van der Waals surface area contributed by atoms with Gasteiger partial charge in [-0.15, -0.1) is 0 Å². The van der Waals surface area contributed by atoms with Crippen molar-refractivity contribution in [2.75, 3.05) is 5.32 Å². The first-order valence-electron chi connectivity index (χ1n) is 8.03. The Hall–Kier alpha value is -2.45. The first-order chi connectivity index (χ1) is 11.9. The Kier molecular flexibility index (Phi) is 5.00. The van der Waals surface area contributed by atoms with Crippen molar-refractivity contribution in [2.24, 2.45) is 0 Å². The molecule has 0 aliphatic heterocycles. The van der Waals surface area contributed by atoms with Gasteiger partial charge in [-0.05, 0) is 31.0 Å². The largest absolute Gasteiger partial charge is 0.364 e. The average molecular weight is 359 g/mol. The van der Waals surface area contributed by atoms with E-state index in [4.69, 9.17) is 0 Å². The van der Waals surface area contributed by atoms with Crippen LogP contribution in [0.2, 0.25) is 0 Å². The maximum atomic E-state index is 12.2. The molecule has 0 amide bonds. The van der Waals surface area contributed by atoms with Crippen LogP contribution in [0.3, 0.4) is 0 Å². The van der Waals surface area contributed by atoms with E-state index in [2.05, 4.69) is 20.1 Å². The Bertz CT molecular complexity index is 966. The highest BCUT2D eigenvalue weighted by Crippen LogP contribution is 2.17. The van der Waals surface area contributed by atoms with Crippen LogP contribution >= 0.6 is 0 Å². The standard InChI is InChI=1S/C17H21N5O2S/c1-13(2)21-25(23,24)12-15-6-4-3-5-14(15)11-19-17-16-7-8-20-22(16)10-9-18-17/h3-10,13,21H,11-12H2,1-2H3,(H,18,19). The lowest BCUT2D eigenvalue weighted by atomic mass is 10.1. The van der Waals surface area contributed by atoms with Gasteiger partial charge in [-0.25, -0.2) is 22.6 Å². The molecule has 7 nitrogen and oxygen atoms in total. The molecule has 3 aromatic rings. The van der Waals surface area contributed by atoms with Crippen LogP contribution in [0, 0.1) is 0 Å². The number of nitrogens with zero attached hydrogens (tertiary/aromatic N) is 3. The lowest BCUT2D eigenvalue weighted by Crippen LogP contribution is -2.31. The van der Waals surface area contributed by atoms with Gasteiger partial charge in [0, 0.05) is 25.0 Å². The molecule has 0 radical (unpaired) electrons. The van der Waals surface area contributed by atoms with Gasteiger partial charge in [0.25, 0.3) is 0 Å². The smallest absolute Gasteiger partial charge is 0.216 e. The third-order valence-electron chi connectivity index (χ3n) is 3.65. The second kappa shape index (κ2) is 7.20. The molecule has 8 heteroatoms. The maximum absolute atomic E-state index is 12.2. The highest BCUT2D eigenvalue weighted by molar-refractivity contribution is 7.88. The van der Waals surface area contributed by atoms with E-state index < -0.39 is 10.0 Å². The van der Waals surface area contributed by atoms with Crippen LogP contribution in [-0.2, 0) is 22.3 Å². The average Bonchev–Trinajstić information content (AvgIpc) is 3.01. The molecule has 0 saturated carbocycles. The van der Waals surface area contributed by atoms with Crippen molar-refractivity contribution >= 4 is 21.4 Å². The van der Waals surface area contributed by atoms with Crippen LogP contribution in [0.4, 0.5) is 5.82 Å². The molecule has 1 aromatic carbocycles. The molecule has 0 aliphatic carbocycles. The number of sulfonamides is 1. The van der Waals surface area contributed by atoms with E-state index in [0.717, 1.165) is 16.6 Å². The monoisotopic (exact) mass is 359 g/mol. The Morgan fingerprint density at radius 3 is 2.64 bits per heavy atom. The fourth-order valence-electron chi connectivity index (χ4n) is 2.65. The summed E-state index contributed by atoms with van der Waals surface area (Å²) in [7, 11) is -3.37. The highest BCUT2D eigenvalue weighted by atomic mass is 32.2. The molecule has 0 fully saturated rings. The van der Waals surface area contributed by atoms with Gasteiger partial charge in [-0.2, -0.15) is 5.10 Å². The van der Waals surface area contributed by atoms with Crippen molar-refractivity contribution < 1.29 is 8.42 Å². The maximum Gasteiger partial charge on any atom is 0.216 e. The van der Waals surface area contributed by atoms with Gasteiger partial charge in [-0.1, -0.05) is 24.3 Å². The summed E-state index contributed by atoms with van der Waals surface area (Å²) in [4.78, 5) is 4.34. The fraction of sp³-hybridized carbons (Fsp3) is 0.294. The SMILES string of the molecule is CC(C)NS(=O)(=O)Cc1ccccc1CNc1nccn2nccc12. The van der Waals surface area contributed by atoms with Gasteiger partial charge in [0.1, 0.15) is 5.52 Å². The zero-order chi connectivity index (χ0) is 17.9. The number of aromatic nitrogens is 3. The van der Waals surface area contributed by atoms with Gasteiger partial charge in [0.15, 0.2) is 5.82 Å². The molecule has 2 heterocycles. The van der Waals surface area contributed by atoms with Crippen molar-refractivity contribution in [1.29, 1.82) is 0 Å². The van der Waals surface area contributed by atoms with Crippen molar-refractivity contribution in [2.45, 2.75) is 32.2 Å². The molecule has 25 heavy (non-hydrogen) atoms. The summed E-state index contributed by atoms with van der Waals surface area (Å²) in [5, 5.41) is 7.45. The minimum absolute atomic E-state index is 0.0483. The van der Waals surface area contributed by atoms with Gasteiger partial charge < -0.3 is 5.32 Å². The van der Waals surface area contributed by atoms with Crippen molar-refractivity contribution in [3.05, 3.63) is 60.0 Å². The lowest BCUT2D eigenvalue weighted by molar-refractivity contribution is 0.569. The molecule has 3 rings (SSSR count). The molecular formula is C17H21N5O2S. The lowest BCUT2D eigenvalue weighted by Gasteiger charge is -2.14. The number of nitrogens with one attached hydrogen (secondary N) is 2. The summed E-state index contributed by atoms with van der Waals surface area (Å²) >= 11 is 0. The van der Waals surface area contributed by atoms with Crippen LogP contribution in [0.1, 0.15) is 25.0 Å². The van der Waals surface area contributed by atoms with Crippen LogP contribution in [-0.4, -0.2) is 29.1 Å². The zero-order valence-electron chi connectivity index (χ0n) is 14.2. The molecule has 2 N–H and O–H groups in total. The number of hydrogen-bond donors (Lipinski definition) is 2. The highest BCUT2D eigenvalue weighted by Gasteiger charge is 2.15. The Labute approximate surface area is 147 Å². The summed E-state index contributed by atoms with van der Waals surface area (Å²) in [5.41, 5.74) is 2.55. The Morgan fingerprint density at radius 1 is 1.12 bits per heavy atom. The van der Waals surface area contributed by atoms with Crippen molar-refractivity contribution in [3.8, 4) is 0 Å². The summed E-state index contributed by atoms with van der Waals surface area (Å²) < 4.78 is 28.8. The summed E-state index contributed by atoms with van der Waals surface area (Å²) in [6.45, 7) is 4.09. The zero-order valence-corrected chi connectivity index (χ0v) is 15.0. The molecule has 0 spiro atoms. The molecule has 2 aromatic heterocycles. The van der Waals surface area contributed by atoms with E-state index in [1.54, 1.807) is 23.1 Å². The molecular weight excluding hydrogens is 338 g/mol. The van der Waals surface area contributed by atoms with E-state index in [1.165, 1.54) is 0 Å². The summed E-state index contributed by atoms with van der Waals surface area (Å²) in [6, 6.07) is 9.25. The predicted octanol–water partition coefficient (Wildman–Crippen LogP) is 2.17. The quantitative estimate of drug-likeness (QED) is 0.675. The number of benzene rings is 1. The second-order valence-electron chi connectivity index (χ2n) is 6.09. The van der Waals surface area contributed by atoms with E-state index in [1.807, 2.05) is 44.2 Å². The van der Waals surface area contributed by atoms with Crippen molar-refractivity contribution in [1.82, 2.24) is 19.3 Å². The van der Waals surface area contributed by atoms with E-state index in [-0.39, 0.29) is 11.8 Å². The Balaban J connectivity index is 1.78. The molecule has 0 bridgehead atoms. The number of fused-ring (bicyclic) bond motifs is 1. The third-order valence-corrected chi connectivity index (χ3v) is 5.17. The third kappa shape index (κ3) is 4.34. The van der Waals surface area contributed by atoms with Crippen molar-refractivity contribution in [3.63, 3.8) is 0 Å². The topological polar surface area (TPSA) is 88.4 Å². The van der Waals surface area contributed by atoms with Gasteiger partial charge in [-0.3, -0.25) is 0 Å². The molecule has 0 atom stereocenters. The predicted molar refractivity (Wildman–Crippen MR) is 97.7 cm³/mol. The number of anilines is 1. The molecule has 0 unspecified atom stereocenters. The minimum Gasteiger partial charge on any atom is -0.364 e. The van der Waals surface area contributed by atoms with Crippen LogP contribution in [0.15, 0.2) is 48.9 Å². The first kappa shape index (κ1) is 17.4. The second-order valence-corrected chi connectivity index (χ2v) is 7.84. The molecule has 132 valence electrons. The molecule has 0 aliphatic rings. The summed E-state index contributed by atoms with van der Waals surface area (Å²) in [5.74, 6) is 0.658. The number of hydrogen-bond acceptors (Lipinski definition) is 5. The van der Waals surface area contributed by atoms with Gasteiger partial charge >= 0.3 is 0 Å². The van der Waals surface area contributed by atoms with Crippen LogP contribution in [0.25, 0.3) is 5.52 Å². The minimum atomic E-state index is -3.37. The first-order valence-corrected chi connectivity index (χ1v) is 9.69. The molecule has 0 saturated heterocycles. The van der Waals surface area contributed by atoms with Crippen LogP contribution < -0.4 is 10.0 Å². The Morgan fingerprint density at radius 2 is 1.88 bits per heavy atom. The van der Waals surface area contributed by atoms with Crippen LogP contribution in [0.5, 0.6) is 0 Å². The fourth-order valence-corrected chi connectivity index (χ4v) is 4.14. The van der Waals surface area contributed by atoms with Gasteiger partial charge in [0.2, 0.25) is 10.0 Å². The normalized spacial score (nSPS) is 12.0. The van der Waals surface area contributed by atoms with Gasteiger partial charge in [0.05, 0.1) is 11.9 Å². The van der Waals surface area contributed by atoms with E-state index in [0.29, 0.717) is 12.4 Å². The number of rotatable bonds is 7. The summed E-state index contributed by atoms with van der Waals surface area (Å²) in [6.07, 6.45) is 5.16. The van der Waals surface area contributed by atoms with E-state index in [9.17, 15) is 8.42 Å². The van der Waals surface area contributed by atoms with E-state index >= 15 is 0 Å².